The van der Waals surface area contributed by atoms with E-state index in [2.05, 4.69) is 15.6 Å². The van der Waals surface area contributed by atoms with Crippen LogP contribution in [0.25, 0.3) is 5.69 Å². The highest BCUT2D eigenvalue weighted by atomic mass is 35.5. The van der Waals surface area contributed by atoms with E-state index in [9.17, 15) is 9.18 Å². The lowest BCUT2D eigenvalue weighted by atomic mass is 10.2. The van der Waals surface area contributed by atoms with E-state index in [4.69, 9.17) is 17.3 Å². The van der Waals surface area contributed by atoms with Crippen molar-refractivity contribution in [3.8, 4) is 5.69 Å². The van der Waals surface area contributed by atoms with E-state index in [1.165, 1.54) is 22.9 Å². The van der Waals surface area contributed by atoms with Gasteiger partial charge in [-0.25, -0.2) is 9.07 Å². The number of hydrogen-bond donors (Lipinski definition) is 2. The Balaban J connectivity index is 1.75. The van der Waals surface area contributed by atoms with Crippen molar-refractivity contribution in [2.75, 3.05) is 6.54 Å². The predicted molar refractivity (Wildman–Crippen MR) is 84.1 cm³/mol. The maximum absolute atomic E-state index is 13.2. The van der Waals surface area contributed by atoms with E-state index in [-0.39, 0.29) is 22.7 Å². The van der Waals surface area contributed by atoms with Gasteiger partial charge >= 0.3 is 0 Å². The number of carbonyl (C=O) groups is 1. The molecule has 2 aromatic rings. The summed E-state index contributed by atoms with van der Waals surface area (Å²) in [4.78, 5) is 12.2. The van der Waals surface area contributed by atoms with Crippen LogP contribution in [0.3, 0.4) is 0 Å². The van der Waals surface area contributed by atoms with Crippen molar-refractivity contribution in [2.24, 2.45) is 11.7 Å². The highest BCUT2D eigenvalue weighted by molar-refractivity contribution is 6.30. The summed E-state index contributed by atoms with van der Waals surface area (Å²) < 4.78 is 14.7. The summed E-state index contributed by atoms with van der Waals surface area (Å²) in [5, 5.41) is 10.6. The minimum Gasteiger partial charge on any atom is -0.349 e. The molecule has 1 aromatic carbocycles. The third kappa shape index (κ3) is 3.35. The quantitative estimate of drug-likeness (QED) is 0.871. The van der Waals surface area contributed by atoms with Crippen LogP contribution in [0.1, 0.15) is 29.0 Å². The van der Waals surface area contributed by atoms with E-state index >= 15 is 0 Å². The molecule has 0 saturated heterocycles. The highest BCUT2D eigenvalue weighted by Gasteiger charge is 2.29. The van der Waals surface area contributed by atoms with Crippen molar-refractivity contribution in [1.82, 2.24) is 20.3 Å². The molecule has 1 atom stereocenters. The minimum absolute atomic E-state index is 0.0150. The fourth-order valence-corrected chi connectivity index (χ4v) is 2.56. The Morgan fingerprint density at radius 2 is 2.30 bits per heavy atom. The second-order valence-corrected chi connectivity index (χ2v) is 6.15. The SMILES string of the molecule is Cc1c(C(=O)NCC(N)C2CC2)nnn1-c1ccc(F)c(Cl)c1. The van der Waals surface area contributed by atoms with Crippen LogP contribution < -0.4 is 11.1 Å². The average Bonchev–Trinajstić information content (AvgIpc) is 3.30. The number of nitrogens with one attached hydrogen (secondary N) is 1. The zero-order chi connectivity index (χ0) is 16.6. The van der Waals surface area contributed by atoms with E-state index < -0.39 is 5.82 Å². The van der Waals surface area contributed by atoms with E-state index in [0.717, 1.165) is 12.8 Å². The zero-order valence-electron chi connectivity index (χ0n) is 12.6. The Morgan fingerprint density at radius 3 is 2.96 bits per heavy atom. The molecule has 3 N–H and O–H groups in total. The molecular weight excluding hydrogens is 321 g/mol. The molecule has 1 saturated carbocycles. The topological polar surface area (TPSA) is 85.8 Å². The largest absolute Gasteiger partial charge is 0.349 e. The molecule has 0 aliphatic heterocycles. The molecule has 3 rings (SSSR count). The van der Waals surface area contributed by atoms with Crippen molar-refractivity contribution in [3.05, 3.63) is 40.4 Å². The number of hydrogen-bond acceptors (Lipinski definition) is 4. The van der Waals surface area contributed by atoms with Gasteiger partial charge < -0.3 is 11.1 Å². The van der Waals surface area contributed by atoms with Gasteiger partial charge in [-0.15, -0.1) is 5.10 Å². The lowest BCUT2D eigenvalue weighted by Gasteiger charge is -2.10. The first-order chi connectivity index (χ1) is 11.0. The maximum Gasteiger partial charge on any atom is 0.273 e. The molecule has 23 heavy (non-hydrogen) atoms. The summed E-state index contributed by atoms with van der Waals surface area (Å²) in [6.45, 7) is 2.13. The number of nitrogens with zero attached hydrogens (tertiary/aromatic N) is 3. The van der Waals surface area contributed by atoms with Gasteiger partial charge in [-0.2, -0.15) is 0 Å². The van der Waals surface area contributed by atoms with Crippen LogP contribution >= 0.6 is 11.6 Å². The van der Waals surface area contributed by atoms with Gasteiger partial charge in [0.2, 0.25) is 0 Å². The van der Waals surface area contributed by atoms with Crippen LogP contribution in [0.5, 0.6) is 0 Å². The molecule has 1 aromatic heterocycles. The number of aromatic nitrogens is 3. The third-order valence-corrected chi connectivity index (χ3v) is 4.27. The van der Waals surface area contributed by atoms with Gasteiger partial charge in [-0.3, -0.25) is 4.79 Å². The summed E-state index contributed by atoms with van der Waals surface area (Å²) in [5.74, 6) is -0.327. The molecule has 0 bridgehead atoms. The smallest absolute Gasteiger partial charge is 0.273 e. The van der Waals surface area contributed by atoms with Crippen LogP contribution in [0.4, 0.5) is 4.39 Å². The van der Waals surface area contributed by atoms with E-state index in [1.807, 2.05) is 0 Å². The van der Waals surface area contributed by atoms with Crippen LogP contribution in [0.2, 0.25) is 5.02 Å². The Morgan fingerprint density at radius 1 is 1.57 bits per heavy atom. The number of amides is 1. The molecular formula is C15H17ClFN5O. The molecule has 6 nitrogen and oxygen atoms in total. The van der Waals surface area contributed by atoms with E-state index in [1.54, 1.807) is 6.92 Å². The summed E-state index contributed by atoms with van der Waals surface area (Å²) in [6, 6.07) is 4.18. The number of halogens is 2. The Hall–Kier alpha value is -1.99. The zero-order valence-corrected chi connectivity index (χ0v) is 13.3. The third-order valence-electron chi connectivity index (χ3n) is 3.98. The van der Waals surface area contributed by atoms with Gasteiger partial charge in [0.05, 0.1) is 16.4 Å². The number of nitrogens with two attached hydrogens (primary N) is 1. The standard InChI is InChI=1S/C15H17ClFN5O/c1-8-14(15(23)19-7-13(18)9-2-3-9)20-21-22(8)10-4-5-12(17)11(16)6-10/h4-6,9,13H,2-3,7,18H2,1H3,(H,19,23). The van der Waals surface area contributed by atoms with Crippen molar-refractivity contribution in [3.63, 3.8) is 0 Å². The lowest BCUT2D eigenvalue weighted by molar-refractivity contribution is 0.0944. The highest BCUT2D eigenvalue weighted by Crippen LogP contribution is 2.31. The molecule has 0 radical (unpaired) electrons. The van der Waals surface area contributed by atoms with Crippen molar-refractivity contribution in [2.45, 2.75) is 25.8 Å². The van der Waals surface area contributed by atoms with Gasteiger partial charge in [0.15, 0.2) is 5.69 Å². The number of carbonyl (C=O) groups excluding carboxylic acids is 1. The molecule has 0 spiro atoms. The summed E-state index contributed by atoms with van der Waals surface area (Å²) in [6.07, 6.45) is 2.25. The first-order valence-corrected chi connectivity index (χ1v) is 7.76. The number of benzene rings is 1. The summed E-state index contributed by atoms with van der Waals surface area (Å²) in [7, 11) is 0. The van der Waals surface area contributed by atoms with E-state index in [0.29, 0.717) is 23.8 Å². The molecule has 1 heterocycles. The molecule has 1 amide bonds. The Kier molecular flexibility index (Phi) is 4.32. The summed E-state index contributed by atoms with van der Waals surface area (Å²) >= 11 is 5.78. The van der Waals surface area contributed by atoms with Crippen molar-refractivity contribution >= 4 is 17.5 Å². The summed E-state index contributed by atoms with van der Waals surface area (Å²) in [5.41, 5.74) is 7.26. The average molecular weight is 338 g/mol. The monoisotopic (exact) mass is 337 g/mol. The van der Waals surface area contributed by atoms with Gasteiger partial charge in [0.1, 0.15) is 5.82 Å². The van der Waals surface area contributed by atoms with Gasteiger partial charge in [0, 0.05) is 12.6 Å². The second-order valence-electron chi connectivity index (χ2n) is 5.74. The molecule has 1 aliphatic rings. The van der Waals surface area contributed by atoms with Crippen LogP contribution in [0.15, 0.2) is 18.2 Å². The number of rotatable bonds is 5. The molecule has 122 valence electrons. The fraction of sp³-hybridized carbons (Fsp3) is 0.400. The van der Waals surface area contributed by atoms with Crippen LogP contribution in [0, 0.1) is 18.7 Å². The minimum atomic E-state index is -0.514. The van der Waals surface area contributed by atoms with Gasteiger partial charge in [0.25, 0.3) is 5.91 Å². The van der Waals surface area contributed by atoms with Gasteiger partial charge in [-0.05, 0) is 43.9 Å². The first-order valence-electron chi connectivity index (χ1n) is 7.39. The van der Waals surface area contributed by atoms with Crippen molar-refractivity contribution in [1.29, 1.82) is 0 Å². The Bertz CT molecular complexity index is 743. The Labute approximate surface area is 137 Å². The molecule has 8 heteroatoms. The van der Waals surface area contributed by atoms with Gasteiger partial charge in [-0.1, -0.05) is 16.8 Å². The molecule has 1 aliphatic carbocycles. The molecule has 1 unspecified atom stereocenters. The fourth-order valence-electron chi connectivity index (χ4n) is 2.39. The first kappa shape index (κ1) is 15.9. The molecule has 1 fully saturated rings. The lowest BCUT2D eigenvalue weighted by Crippen LogP contribution is -2.38. The predicted octanol–water partition coefficient (Wildman–Crippen LogP) is 1.84. The second kappa shape index (κ2) is 6.25. The normalized spacial score (nSPS) is 15.5. The van der Waals surface area contributed by atoms with Crippen LogP contribution in [-0.4, -0.2) is 33.5 Å². The maximum atomic E-state index is 13.2. The van der Waals surface area contributed by atoms with Crippen LogP contribution in [-0.2, 0) is 0 Å². The van der Waals surface area contributed by atoms with Crippen molar-refractivity contribution < 1.29 is 9.18 Å².